The number of carboxylic acids is 1. The summed E-state index contributed by atoms with van der Waals surface area (Å²) in [5.41, 5.74) is 2.30. The number of aryl methyl sites for hydroxylation is 1. The molecule has 0 unspecified atom stereocenters. The highest BCUT2D eigenvalue weighted by molar-refractivity contribution is 5.71. The van der Waals surface area contributed by atoms with Crippen LogP contribution in [-0.4, -0.2) is 17.1 Å². The molecule has 1 aliphatic rings. The first kappa shape index (κ1) is 10.0. The van der Waals surface area contributed by atoms with Gasteiger partial charge in [0.25, 0.3) is 0 Å². The third kappa shape index (κ3) is 2.29. The van der Waals surface area contributed by atoms with Gasteiger partial charge in [-0.25, -0.2) is 0 Å². The molecule has 3 nitrogen and oxygen atoms in total. The van der Waals surface area contributed by atoms with Crippen LogP contribution < -0.4 is 5.32 Å². The lowest BCUT2D eigenvalue weighted by Gasteiger charge is -2.33. The van der Waals surface area contributed by atoms with Gasteiger partial charge in [0.15, 0.2) is 0 Å². The van der Waals surface area contributed by atoms with E-state index in [0.717, 1.165) is 18.5 Å². The molecule has 0 saturated heterocycles. The average molecular weight is 205 g/mol. The second kappa shape index (κ2) is 3.93. The predicted octanol–water partition coefficient (Wildman–Crippen LogP) is 2.27. The van der Waals surface area contributed by atoms with E-state index in [0.29, 0.717) is 6.04 Å². The van der Waals surface area contributed by atoms with Gasteiger partial charge in [-0.1, -0.05) is 12.1 Å². The first-order chi connectivity index (χ1) is 7.15. The molecular weight excluding hydrogens is 190 g/mol. The Morgan fingerprint density at radius 3 is 2.80 bits per heavy atom. The highest BCUT2D eigenvalue weighted by Gasteiger charge is 2.34. The Morgan fingerprint density at radius 2 is 2.20 bits per heavy atom. The first-order valence-electron chi connectivity index (χ1n) is 5.21. The summed E-state index contributed by atoms with van der Waals surface area (Å²) in [6.45, 7) is 2.05. The lowest BCUT2D eigenvalue weighted by Crippen LogP contribution is -2.39. The molecular formula is C12H15NO2. The number of nitrogens with one attached hydrogen (secondary N) is 1. The van der Waals surface area contributed by atoms with Crippen molar-refractivity contribution >= 4 is 11.7 Å². The molecule has 0 spiro atoms. The van der Waals surface area contributed by atoms with E-state index in [-0.39, 0.29) is 5.92 Å². The van der Waals surface area contributed by atoms with Crippen LogP contribution in [0.1, 0.15) is 18.4 Å². The number of benzene rings is 1. The smallest absolute Gasteiger partial charge is 0.306 e. The van der Waals surface area contributed by atoms with Gasteiger partial charge in [0, 0.05) is 11.7 Å². The maximum Gasteiger partial charge on any atom is 0.306 e. The third-order valence-corrected chi connectivity index (χ3v) is 2.88. The van der Waals surface area contributed by atoms with E-state index in [1.807, 2.05) is 25.1 Å². The van der Waals surface area contributed by atoms with Crippen LogP contribution in [0.3, 0.4) is 0 Å². The van der Waals surface area contributed by atoms with Crippen molar-refractivity contribution in [3.05, 3.63) is 29.8 Å². The van der Waals surface area contributed by atoms with E-state index in [1.54, 1.807) is 0 Å². The van der Waals surface area contributed by atoms with Gasteiger partial charge in [-0.05, 0) is 37.5 Å². The van der Waals surface area contributed by atoms with Crippen LogP contribution in [0, 0.1) is 12.8 Å². The topological polar surface area (TPSA) is 49.3 Å². The molecule has 0 atom stereocenters. The molecule has 15 heavy (non-hydrogen) atoms. The molecule has 2 rings (SSSR count). The van der Waals surface area contributed by atoms with Crippen molar-refractivity contribution in [2.75, 3.05) is 5.32 Å². The van der Waals surface area contributed by atoms with Crippen LogP contribution in [0.4, 0.5) is 5.69 Å². The van der Waals surface area contributed by atoms with Crippen molar-refractivity contribution in [3.63, 3.8) is 0 Å². The van der Waals surface area contributed by atoms with Crippen LogP contribution in [0.15, 0.2) is 24.3 Å². The van der Waals surface area contributed by atoms with E-state index >= 15 is 0 Å². The van der Waals surface area contributed by atoms with Gasteiger partial charge in [-0.15, -0.1) is 0 Å². The number of carbonyl (C=O) groups is 1. The second-order valence-electron chi connectivity index (χ2n) is 4.22. The molecule has 0 radical (unpaired) electrons. The van der Waals surface area contributed by atoms with Crippen LogP contribution in [0.5, 0.6) is 0 Å². The van der Waals surface area contributed by atoms with Gasteiger partial charge < -0.3 is 10.4 Å². The molecule has 3 heteroatoms. The number of aliphatic carboxylic acids is 1. The molecule has 0 aromatic heterocycles. The zero-order chi connectivity index (χ0) is 10.8. The Kier molecular flexibility index (Phi) is 2.62. The van der Waals surface area contributed by atoms with Crippen molar-refractivity contribution in [3.8, 4) is 0 Å². The van der Waals surface area contributed by atoms with Gasteiger partial charge >= 0.3 is 5.97 Å². The molecule has 1 aromatic carbocycles. The van der Waals surface area contributed by atoms with Gasteiger partial charge in [0.05, 0.1) is 5.92 Å². The average Bonchev–Trinajstić information content (AvgIpc) is 2.10. The van der Waals surface area contributed by atoms with E-state index < -0.39 is 5.97 Å². The fourth-order valence-corrected chi connectivity index (χ4v) is 1.91. The standard InChI is InChI=1S/C12H15NO2/c1-8-3-2-4-10(5-8)13-11-6-9(7-11)12(14)15/h2-5,9,11,13H,6-7H2,1H3,(H,14,15). The summed E-state index contributed by atoms with van der Waals surface area (Å²) in [4.78, 5) is 10.6. The number of hydrogen-bond acceptors (Lipinski definition) is 2. The Labute approximate surface area is 89.1 Å². The fraction of sp³-hybridized carbons (Fsp3) is 0.417. The van der Waals surface area contributed by atoms with Gasteiger partial charge in [-0.3, -0.25) is 4.79 Å². The normalized spacial score (nSPS) is 24.3. The summed E-state index contributed by atoms with van der Waals surface area (Å²) < 4.78 is 0. The summed E-state index contributed by atoms with van der Waals surface area (Å²) in [6.07, 6.45) is 1.48. The zero-order valence-electron chi connectivity index (χ0n) is 8.73. The molecule has 0 heterocycles. The lowest BCUT2D eigenvalue weighted by atomic mass is 9.80. The Morgan fingerprint density at radius 1 is 1.47 bits per heavy atom. The highest BCUT2D eigenvalue weighted by Crippen LogP contribution is 2.30. The van der Waals surface area contributed by atoms with E-state index in [9.17, 15) is 4.79 Å². The molecule has 1 aromatic rings. The minimum absolute atomic E-state index is 0.146. The summed E-state index contributed by atoms with van der Waals surface area (Å²) in [5.74, 6) is -0.815. The van der Waals surface area contributed by atoms with Crippen LogP contribution >= 0.6 is 0 Å². The first-order valence-corrected chi connectivity index (χ1v) is 5.21. The van der Waals surface area contributed by atoms with Gasteiger partial charge in [0.2, 0.25) is 0 Å². The minimum atomic E-state index is -0.669. The third-order valence-electron chi connectivity index (χ3n) is 2.88. The van der Waals surface area contributed by atoms with E-state index in [4.69, 9.17) is 5.11 Å². The SMILES string of the molecule is Cc1cccc(NC2CC(C(=O)O)C2)c1. The van der Waals surface area contributed by atoms with Gasteiger partial charge in [0.1, 0.15) is 0 Å². The summed E-state index contributed by atoms with van der Waals surface area (Å²) in [6, 6.07) is 8.47. The second-order valence-corrected chi connectivity index (χ2v) is 4.22. The van der Waals surface area contributed by atoms with Crippen molar-refractivity contribution < 1.29 is 9.90 Å². The van der Waals surface area contributed by atoms with E-state index in [1.165, 1.54) is 5.56 Å². The molecule has 1 fully saturated rings. The largest absolute Gasteiger partial charge is 0.481 e. The van der Waals surface area contributed by atoms with Crippen LogP contribution in [0.2, 0.25) is 0 Å². The number of anilines is 1. The van der Waals surface area contributed by atoms with E-state index in [2.05, 4.69) is 11.4 Å². The summed E-state index contributed by atoms with van der Waals surface area (Å²) in [7, 11) is 0. The molecule has 2 N–H and O–H groups in total. The number of rotatable bonds is 3. The number of carboxylic acid groups (broad SMARTS) is 1. The monoisotopic (exact) mass is 205 g/mol. The maximum absolute atomic E-state index is 10.6. The summed E-state index contributed by atoms with van der Waals surface area (Å²) in [5, 5.41) is 12.1. The molecule has 0 bridgehead atoms. The zero-order valence-corrected chi connectivity index (χ0v) is 8.73. The summed E-state index contributed by atoms with van der Waals surface area (Å²) >= 11 is 0. The maximum atomic E-state index is 10.6. The fourth-order valence-electron chi connectivity index (χ4n) is 1.91. The molecule has 80 valence electrons. The van der Waals surface area contributed by atoms with Crippen molar-refractivity contribution in [1.29, 1.82) is 0 Å². The predicted molar refractivity (Wildman–Crippen MR) is 58.9 cm³/mol. The van der Waals surface area contributed by atoms with Gasteiger partial charge in [-0.2, -0.15) is 0 Å². The Hall–Kier alpha value is -1.51. The minimum Gasteiger partial charge on any atom is -0.481 e. The van der Waals surface area contributed by atoms with Crippen molar-refractivity contribution in [1.82, 2.24) is 0 Å². The Balaban J connectivity index is 1.87. The quantitative estimate of drug-likeness (QED) is 0.795. The molecule has 1 saturated carbocycles. The number of hydrogen-bond donors (Lipinski definition) is 2. The molecule has 0 aliphatic heterocycles. The molecule has 0 amide bonds. The van der Waals surface area contributed by atoms with Crippen LogP contribution in [0.25, 0.3) is 0 Å². The lowest BCUT2D eigenvalue weighted by molar-refractivity contribution is -0.144. The Bertz CT molecular complexity index is 370. The highest BCUT2D eigenvalue weighted by atomic mass is 16.4. The van der Waals surface area contributed by atoms with Crippen LogP contribution in [-0.2, 0) is 4.79 Å². The molecule has 1 aliphatic carbocycles. The van der Waals surface area contributed by atoms with Crippen molar-refractivity contribution in [2.45, 2.75) is 25.8 Å². The van der Waals surface area contributed by atoms with Crippen molar-refractivity contribution in [2.24, 2.45) is 5.92 Å².